The Labute approximate surface area is 114 Å². The summed E-state index contributed by atoms with van der Waals surface area (Å²) in [7, 11) is 0. The zero-order valence-corrected chi connectivity index (χ0v) is 12.5. The summed E-state index contributed by atoms with van der Waals surface area (Å²) in [6, 6.07) is 6.22. The molecule has 18 heavy (non-hydrogen) atoms. The van der Waals surface area contributed by atoms with Gasteiger partial charge in [-0.05, 0) is 39.2 Å². The molecular formula is C14H24N2OS. The summed E-state index contributed by atoms with van der Waals surface area (Å²) in [4.78, 5) is 3.39. The summed E-state index contributed by atoms with van der Waals surface area (Å²) >= 11 is 1.71. The molecule has 0 saturated carbocycles. The van der Waals surface area contributed by atoms with E-state index in [0.717, 1.165) is 17.8 Å². The van der Waals surface area contributed by atoms with Crippen molar-refractivity contribution in [3.63, 3.8) is 0 Å². The van der Waals surface area contributed by atoms with Crippen molar-refractivity contribution in [1.29, 1.82) is 0 Å². The van der Waals surface area contributed by atoms with Gasteiger partial charge in [-0.1, -0.05) is 6.07 Å². The molecule has 0 radical (unpaired) electrons. The number of aliphatic hydroxyl groups is 1. The van der Waals surface area contributed by atoms with E-state index in [1.54, 1.807) is 11.8 Å². The number of hydrogen-bond donors (Lipinski definition) is 2. The van der Waals surface area contributed by atoms with Gasteiger partial charge in [-0.3, -0.25) is 0 Å². The zero-order valence-electron chi connectivity index (χ0n) is 11.7. The lowest BCUT2D eigenvalue weighted by Crippen LogP contribution is -2.39. The molecule has 0 aliphatic heterocycles. The first-order chi connectivity index (χ1) is 8.42. The summed E-state index contributed by atoms with van der Waals surface area (Å²) in [6.07, 6.45) is 2.06. The largest absolute Gasteiger partial charge is 0.389 e. The molecule has 0 aromatic heterocycles. The van der Waals surface area contributed by atoms with Gasteiger partial charge in [0.15, 0.2) is 0 Å². The van der Waals surface area contributed by atoms with Crippen LogP contribution in [0.2, 0.25) is 0 Å². The van der Waals surface area contributed by atoms with Crippen LogP contribution >= 0.6 is 11.8 Å². The fraction of sp³-hybridized carbons (Fsp3) is 0.571. The molecule has 102 valence electrons. The van der Waals surface area contributed by atoms with Crippen LogP contribution in [0.1, 0.15) is 26.3 Å². The van der Waals surface area contributed by atoms with Gasteiger partial charge in [0.25, 0.3) is 0 Å². The first-order valence-electron chi connectivity index (χ1n) is 6.26. The van der Waals surface area contributed by atoms with Crippen LogP contribution < -0.4 is 10.6 Å². The molecule has 0 heterocycles. The summed E-state index contributed by atoms with van der Waals surface area (Å²) in [5.41, 5.74) is 7.47. The van der Waals surface area contributed by atoms with Crippen LogP contribution in [0.4, 0.5) is 5.69 Å². The third kappa shape index (κ3) is 3.90. The van der Waals surface area contributed by atoms with Gasteiger partial charge in [0.1, 0.15) is 0 Å². The van der Waals surface area contributed by atoms with Crippen molar-refractivity contribution >= 4 is 17.4 Å². The summed E-state index contributed by atoms with van der Waals surface area (Å²) in [6.45, 7) is 7.74. The number of hydrogen-bond acceptors (Lipinski definition) is 4. The van der Waals surface area contributed by atoms with E-state index >= 15 is 0 Å². The van der Waals surface area contributed by atoms with Crippen molar-refractivity contribution in [2.45, 2.75) is 37.8 Å². The highest BCUT2D eigenvalue weighted by Gasteiger charge is 2.20. The Bertz CT molecular complexity index is 388. The summed E-state index contributed by atoms with van der Waals surface area (Å²) < 4.78 is 0. The predicted octanol–water partition coefficient (Wildman–Crippen LogP) is 2.46. The predicted molar refractivity (Wildman–Crippen MR) is 80.3 cm³/mol. The fourth-order valence-corrected chi connectivity index (χ4v) is 2.73. The minimum Gasteiger partial charge on any atom is -0.389 e. The molecule has 4 heteroatoms. The lowest BCUT2D eigenvalue weighted by Gasteiger charge is -2.31. The quantitative estimate of drug-likeness (QED) is 0.778. The van der Waals surface area contributed by atoms with Gasteiger partial charge in [0.05, 0.1) is 5.60 Å². The molecule has 0 saturated heterocycles. The van der Waals surface area contributed by atoms with Crippen LogP contribution in [0.15, 0.2) is 23.1 Å². The molecule has 0 aliphatic carbocycles. The molecule has 0 atom stereocenters. The standard InChI is InChI=1S/C14H24N2OS/c1-5-16(10-14(2,3)17)12-7-6-8-13(18-4)11(12)9-15/h6-8,17H,5,9-10,15H2,1-4H3. The molecule has 0 aliphatic rings. The highest BCUT2D eigenvalue weighted by Crippen LogP contribution is 2.30. The van der Waals surface area contributed by atoms with E-state index in [-0.39, 0.29) is 0 Å². The number of anilines is 1. The number of rotatable bonds is 6. The number of likely N-dealkylation sites (N-methyl/N-ethyl adjacent to an activating group) is 1. The lowest BCUT2D eigenvalue weighted by molar-refractivity contribution is 0.0875. The van der Waals surface area contributed by atoms with Crippen molar-refractivity contribution in [3.8, 4) is 0 Å². The number of thioether (sulfide) groups is 1. The van der Waals surface area contributed by atoms with E-state index in [1.165, 1.54) is 4.90 Å². The zero-order chi connectivity index (χ0) is 13.8. The highest BCUT2D eigenvalue weighted by atomic mass is 32.2. The van der Waals surface area contributed by atoms with Crippen molar-refractivity contribution < 1.29 is 5.11 Å². The molecule has 1 aromatic carbocycles. The third-order valence-electron chi connectivity index (χ3n) is 2.83. The average Bonchev–Trinajstić information content (AvgIpc) is 2.33. The second-order valence-corrected chi connectivity index (χ2v) is 5.84. The van der Waals surface area contributed by atoms with Crippen LogP contribution in [-0.2, 0) is 6.54 Å². The second-order valence-electron chi connectivity index (χ2n) is 4.99. The Morgan fingerprint density at radius 2 is 2.06 bits per heavy atom. The number of nitrogens with zero attached hydrogens (tertiary/aromatic N) is 1. The molecule has 0 unspecified atom stereocenters. The average molecular weight is 268 g/mol. The molecule has 0 bridgehead atoms. The molecule has 0 amide bonds. The Morgan fingerprint density at radius 3 is 2.50 bits per heavy atom. The van der Waals surface area contributed by atoms with E-state index < -0.39 is 5.60 Å². The van der Waals surface area contributed by atoms with E-state index in [9.17, 15) is 5.11 Å². The maximum atomic E-state index is 9.99. The van der Waals surface area contributed by atoms with Gasteiger partial charge >= 0.3 is 0 Å². The topological polar surface area (TPSA) is 49.5 Å². The smallest absolute Gasteiger partial charge is 0.0765 e. The molecule has 3 N–H and O–H groups in total. The van der Waals surface area contributed by atoms with E-state index in [4.69, 9.17) is 5.73 Å². The molecule has 1 rings (SSSR count). The van der Waals surface area contributed by atoms with Gasteiger partial charge in [0, 0.05) is 35.8 Å². The van der Waals surface area contributed by atoms with Crippen molar-refractivity contribution in [3.05, 3.63) is 23.8 Å². The van der Waals surface area contributed by atoms with Crippen LogP contribution in [0.5, 0.6) is 0 Å². The van der Waals surface area contributed by atoms with Gasteiger partial charge in [-0.25, -0.2) is 0 Å². The molecule has 0 fully saturated rings. The fourth-order valence-electron chi connectivity index (χ4n) is 2.08. The van der Waals surface area contributed by atoms with E-state index in [0.29, 0.717) is 13.1 Å². The van der Waals surface area contributed by atoms with Gasteiger partial charge in [-0.2, -0.15) is 0 Å². The van der Waals surface area contributed by atoms with Crippen LogP contribution in [-0.4, -0.2) is 30.1 Å². The Kier molecular flexibility index (Phi) is 5.50. The second kappa shape index (κ2) is 6.45. The lowest BCUT2D eigenvalue weighted by atomic mass is 10.1. The Morgan fingerprint density at radius 1 is 1.39 bits per heavy atom. The van der Waals surface area contributed by atoms with Gasteiger partial charge in [0.2, 0.25) is 0 Å². The van der Waals surface area contributed by atoms with Crippen LogP contribution in [0, 0.1) is 0 Å². The van der Waals surface area contributed by atoms with E-state index in [1.807, 2.05) is 19.9 Å². The SMILES string of the molecule is CCN(CC(C)(C)O)c1cccc(SC)c1CN. The first kappa shape index (κ1) is 15.3. The Balaban J connectivity index is 3.12. The highest BCUT2D eigenvalue weighted by molar-refractivity contribution is 7.98. The third-order valence-corrected chi connectivity index (χ3v) is 3.65. The van der Waals surface area contributed by atoms with Crippen LogP contribution in [0.3, 0.4) is 0 Å². The normalized spacial score (nSPS) is 11.7. The first-order valence-corrected chi connectivity index (χ1v) is 7.48. The minimum absolute atomic E-state index is 0.523. The van der Waals surface area contributed by atoms with Gasteiger partial charge in [-0.15, -0.1) is 11.8 Å². The molecule has 0 spiro atoms. The maximum absolute atomic E-state index is 9.99. The minimum atomic E-state index is -0.711. The maximum Gasteiger partial charge on any atom is 0.0765 e. The summed E-state index contributed by atoms with van der Waals surface area (Å²) in [5, 5.41) is 9.99. The van der Waals surface area contributed by atoms with E-state index in [2.05, 4.69) is 30.2 Å². The Hall–Kier alpha value is -0.710. The van der Waals surface area contributed by atoms with Gasteiger partial charge < -0.3 is 15.7 Å². The molecular weight excluding hydrogens is 244 g/mol. The van der Waals surface area contributed by atoms with Crippen molar-refractivity contribution in [2.24, 2.45) is 5.73 Å². The molecule has 3 nitrogen and oxygen atoms in total. The monoisotopic (exact) mass is 268 g/mol. The summed E-state index contributed by atoms with van der Waals surface area (Å²) in [5.74, 6) is 0. The van der Waals surface area contributed by atoms with Crippen molar-refractivity contribution in [2.75, 3.05) is 24.2 Å². The molecule has 1 aromatic rings. The van der Waals surface area contributed by atoms with Crippen LogP contribution in [0.25, 0.3) is 0 Å². The number of benzene rings is 1. The van der Waals surface area contributed by atoms with Crippen molar-refractivity contribution in [1.82, 2.24) is 0 Å². The number of nitrogens with two attached hydrogens (primary N) is 1.